The smallest absolute Gasteiger partial charge is 0.0741 e. The van der Waals surface area contributed by atoms with Gasteiger partial charge in [-0.15, -0.1) is 0 Å². The molecule has 1 atom stereocenters. The van der Waals surface area contributed by atoms with Gasteiger partial charge in [0.25, 0.3) is 0 Å². The molecule has 2 heteroatoms. The maximum absolute atomic E-state index is 9.60. The summed E-state index contributed by atoms with van der Waals surface area (Å²) in [5.41, 5.74) is 4.78. The van der Waals surface area contributed by atoms with Crippen LogP contribution in [0.25, 0.3) is 0 Å². The summed E-state index contributed by atoms with van der Waals surface area (Å²) in [6.07, 6.45) is 8.45. The van der Waals surface area contributed by atoms with E-state index < -0.39 is 5.60 Å². The Labute approximate surface area is 82.5 Å². The van der Waals surface area contributed by atoms with Gasteiger partial charge in [-0.25, -0.2) is 0 Å². The molecule has 80 valence electrons. The van der Waals surface area contributed by atoms with Crippen LogP contribution < -0.4 is 5.73 Å². The maximum Gasteiger partial charge on any atom is 0.0741 e. The number of rotatable bonds is 8. The van der Waals surface area contributed by atoms with Gasteiger partial charge >= 0.3 is 0 Å². The molecule has 0 amide bonds. The van der Waals surface area contributed by atoms with Crippen LogP contribution in [-0.4, -0.2) is 17.3 Å². The van der Waals surface area contributed by atoms with Gasteiger partial charge in [0.2, 0.25) is 0 Å². The van der Waals surface area contributed by atoms with E-state index in [9.17, 15) is 5.11 Å². The Morgan fingerprint density at radius 1 is 1.08 bits per heavy atom. The molecule has 0 aromatic carbocycles. The second kappa shape index (κ2) is 7.34. The third-order valence-electron chi connectivity index (χ3n) is 2.51. The number of hydrogen-bond acceptors (Lipinski definition) is 2. The zero-order chi connectivity index (χ0) is 10.2. The monoisotopic (exact) mass is 187 g/mol. The largest absolute Gasteiger partial charge is 0.389 e. The third kappa shape index (κ3) is 8.26. The van der Waals surface area contributed by atoms with Gasteiger partial charge < -0.3 is 10.8 Å². The Morgan fingerprint density at radius 2 is 1.62 bits per heavy atom. The molecule has 0 saturated heterocycles. The van der Waals surface area contributed by atoms with Crippen molar-refractivity contribution < 1.29 is 5.11 Å². The van der Waals surface area contributed by atoms with Crippen LogP contribution in [0.4, 0.5) is 0 Å². The molecule has 0 bridgehead atoms. The van der Waals surface area contributed by atoms with E-state index in [0.717, 1.165) is 12.8 Å². The lowest BCUT2D eigenvalue weighted by molar-refractivity contribution is 0.0571. The van der Waals surface area contributed by atoms with Crippen molar-refractivity contribution in [3.8, 4) is 0 Å². The molecule has 1 unspecified atom stereocenters. The molecule has 0 aliphatic rings. The molecule has 0 aliphatic carbocycles. The van der Waals surface area contributed by atoms with Crippen LogP contribution in [0.1, 0.15) is 58.8 Å². The van der Waals surface area contributed by atoms with Crippen LogP contribution in [0.5, 0.6) is 0 Å². The standard InChI is InChI=1S/C11H25NO/c1-3-4-5-6-7-8-9-11(2,13)10-12/h13H,3-10,12H2,1-2H3. The van der Waals surface area contributed by atoms with E-state index in [-0.39, 0.29) is 0 Å². The van der Waals surface area contributed by atoms with E-state index >= 15 is 0 Å². The zero-order valence-corrected chi connectivity index (χ0v) is 9.18. The average Bonchev–Trinajstić information content (AvgIpc) is 2.11. The van der Waals surface area contributed by atoms with E-state index in [1.165, 1.54) is 32.1 Å². The molecule has 13 heavy (non-hydrogen) atoms. The van der Waals surface area contributed by atoms with E-state index in [0.29, 0.717) is 6.54 Å². The first kappa shape index (κ1) is 12.9. The van der Waals surface area contributed by atoms with Crippen LogP contribution >= 0.6 is 0 Å². The quantitative estimate of drug-likeness (QED) is 0.573. The van der Waals surface area contributed by atoms with Crippen LogP contribution in [-0.2, 0) is 0 Å². The average molecular weight is 187 g/mol. The zero-order valence-electron chi connectivity index (χ0n) is 9.18. The van der Waals surface area contributed by atoms with E-state index in [4.69, 9.17) is 5.73 Å². The molecule has 2 nitrogen and oxygen atoms in total. The minimum Gasteiger partial charge on any atom is -0.389 e. The fraction of sp³-hybridized carbons (Fsp3) is 1.00. The van der Waals surface area contributed by atoms with Crippen molar-refractivity contribution in [3.63, 3.8) is 0 Å². The Bertz CT molecular complexity index is 113. The summed E-state index contributed by atoms with van der Waals surface area (Å²) in [6, 6.07) is 0. The normalized spacial score (nSPS) is 15.7. The van der Waals surface area contributed by atoms with Crippen LogP contribution in [0, 0.1) is 0 Å². The van der Waals surface area contributed by atoms with Crippen LogP contribution in [0.2, 0.25) is 0 Å². The molecule has 0 aliphatic heterocycles. The highest BCUT2D eigenvalue weighted by atomic mass is 16.3. The summed E-state index contributed by atoms with van der Waals surface area (Å²) in [6.45, 7) is 4.42. The first-order valence-corrected chi connectivity index (χ1v) is 5.55. The fourth-order valence-corrected chi connectivity index (χ4v) is 1.39. The molecule has 0 saturated carbocycles. The number of nitrogens with two attached hydrogens (primary N) is 1. The highest BCUT2D eigenvalue weighted by Gasteiger charge is 2.16. The van der Waals surface area contributed by atoms with E-state index in [1.54, 1.807) is 0 Å². The SMILES string of the molecule is CCCCCCCCC(C)(O)CN. The number of unbranched alkanes of at least 4 members (excludes halogenated alkanes) is 5. The maximum atomic E-state index is 9.60. The fourth-order valence-electron chi connectivity index (χ4n) is 1.39. The molecule has 0 fully saturated rings. The Kier molecular flexibility index (Phi) is 7.29. The summed E-state index contributed by atoms with van der Waals surface area (Å²) in [4.78, 5) is 0. The summed E-state index contributed by atoms with van der Waals surface area (Å²) in [7, 11) is 0. The molecular weight excluding hydrogens is 162 g/mol. The molecule has 0 spiro atoms. The van der Waals surface area contributed by atoms with Crippen molar-refractivity contribution in [3.05, 3.63) is 0 Å². The molecule has 0 heterocycles. The van der Waals surface area contributed by atoms with Crippen molar-refractivity contribution in [2.75, 3.05) is 6.54 Å². The van der Waals surface area contributed by atoms with Crippen molar-refractivity contribution in [1.29, 1.82) is 0 Å². The van der Waals surface area contributed by atoms with Crippen molar-refractivity contribution in [1.82, 2.24) is 0 Å². The number of aliphatic hydroxyl groups is 1. The molecule has 0 rings (SSSR count). The van der Waals surface area contributed by atoms with Gasteiger partial charge in [0.15, 0.2) is 0 Å². The van der Waals surface area contributed by atoms with Gasteiger partial charge in [-0.05, 0) is 13.3 Å². The lowest BCUT2D eigenvalue weighted by Gasteiger charge is -2.20. The van der Waals surface area contributed by atoms with E-state index in [2.05, 4.69) is 6.92 Å². The minimum absolute atomic E-state index is 0.377. The van der Waals surface area contributed by atoms with Crippen molar-refractivity contribution >= 4 is 0 Å². The van der Waals surface area contributed by atoms with Gasteiger partial charge in [0.05, 0.1) is 5.60 Å². The minimum atomic E-state index is -0.634. The van der Waals surface area contributed by atoms with Crippen LogP contribution in [0.15, 0.2) is 0 Å². The third-order valence-corrected chi connectivity index (χ3v) is 2.51. The van der Waals surface area contributed by atoms with Crippen molar-refractivity contribution in [2.45, 2.75) is 64.4 Å². The molecular formula is C11H25NO. The van der Waals surface area contributed by atoms with Gasteiger partial charge in [-0.2, -0.15) is 0 Å². The second-order valence-corrected chi connectivity index (χ2v) is 4.22. The molecule has 0 aromatic heterocycles. The summed E-state index contributed by atoms with van der Waals surface area (Å²) in [5.74, 6) is 0. The lowest BCUT2D eigenvalue weighted by atomic mass is 9.98. The topological polar surface area (TPSA) is 46.2 Å². The summed E-state index contributed by atoms with van der Waals surface area (Å²) < 4.78 is 0. The highest BCUT2D eigenvalue weighted by molar-refractivity contribution is 4.72. The molecule has 3 N–H and O–H groups in total. The first-order chi connectivity index (χ1) is 6.12. The predicted molar refractivity (Wildman–Crippen MR) is 57.7 cm³/mol. The highest BCUT2D eigenvalue weighted by Crippen LogP contribution is 2.14. The lowest BCUT2D eigenvalue weighted by Crippen LogP contribution is -2.33. The van der Waals surface area contributed by atoms with Gasteiger partial charge in [-0.1, -0.05) is 45.4 Å². The number of hydrogen-bond donors (Lipinski definition) is 2. The van der Waals surface area contributed by atoms with Gasteiger partial charge in [-0.3, -0.25) is 0 Å². The molecule has 0 radical (unpaired) electrons. The first-order valence-electron chi connectivity index (χ1n) is 5.55. The Hall–Kier alpha value is -0.0800. The van der Waals surface area contributed by atoms with Gasteiger partial charge in [0, 0.05) is 6.54 Å². The van der Waals surface area contributed by atoms with Gasteiger partial charge in [0.1, 0.15) is 0 Å². The Morgan fingerprint density at radius 3 is 2.15 bits per heavy atom. The molecule has 0 aromatic rings. The second-order valence-electron chi connectivity index (χ2n) is 4.22. The van der Waals surface area contributed by atoms with Crippen molar-refractivity contribution in [2.24, 2.45) is 5.73 Å². The summed E-state index contributed by atoms with van der Waals surface area (Å²) in [5, 5.41) is 9.60. The Balaban J connectivity index is 3.16. The predicted octanol–water partition coefficient (Wildman–Crippen LogP) is 2.45. The summed E-state index contributed by atoms with van der Waals surface area (Å²) >= 11 is 0. The van der Waals surface area contributed by atoms with Crippen LogP contribution in [0.3, 0.4) is 0 Å². The van der Waals surface area contributed by atoms with E-state index in [1.807, 2.05) is 6.92 Å².